The molecule has 0 atom stereocenters. The summed E-state index contributed by atoms with van der Waals surface area (Å²) in [5, 5.41) is 5.18. The first-order valence-electron chi connectivity index (χ1n) is 10.4. The van der Waals surface area contributed by atoms with Crippen LogP contribution in [0.15, 0.2) is 92.0 Å². The molecule has 2 amide bonds. The lowest BCUT2D eigenvalue weighted by Crippen LogP contribution is -2.11. The molecule has 0 aliphatic carbocycles. The molecule has 0 bridgehead atoms. The first-order chi connectivity index (χ1) is 16.8. The summed E-state index contributed by atoms with van der Waals surface area (Å²) >= 11 is 0. The van der Waals surface area contributed by atoms with Crippen LogP contribution < -0.4 is 20.1 Å². The van der Waals surface area contributed by atoms with E-state index in [1.54, 1.807) is 37.3 Å². The lowest BCUT2D eigenvalue weighted by atomic mass is 10.2. The van der Waals surface area contributed by atoms with Crippen molar-refractivity contribution in [2.75, 3.05) is 10.6 Å². The number of esters is 2. The third kappa shape index (κ3) is 6.75. The fraction of sp³-hybridized carbons (Fsp3) is 0.0370. The van der Waals surface area contributed by atoms with Crippen molar-refractivity contribution < 1.29 is 28.7 Å². The molecule has 3 aromatic carbocycles. The summed E-state index contributed by atoms with van der Waals surface area (Å²) in [6, 6.07) is 17.0. The largest absolute Gasteiger partial charge is 0.423 e. The lowest BCUT2D eigenvalue weighted by molar-refractivity contribution is -0.112. The Morgan fingerprint density at radius 3 is 1.57 bits per heavy atom. The van der Waals surface area contributed by atoms with Crippen LogP contribution in [0.4, 0.5) is 11.4 Å². The van der Waals surface area contributed by atoms with Crippen LogP contribution in [0.2, 0.25) is 0 Å². The average Bonchev–Trinajstić information content (AvgIpc) is 2.86. The molecule has 0 aliphatic heterocycles. The highest BCUT2D eigenvalue weighted by molar-refractivity contribution is 6.00. The quantitative estimate of drug-likeness (QED) is 0.281. The van der Waals surface area contributed by atoms with E-state index in [4.69, 9.17) is 9.47 Å². The van der Waals surface area contributed by atoms with Gasteiger partial charge in [-0.1, -0.05) is 13.2 Å². The maximum absolute atomic E-state index is 12.5. The fourth-order valence-electron chi connectivity index (χ4n) is 2.89. The Morgan fingerprint density at radius 2 is 1.14 bits per heavy atom. The Bertz CT molecular complexity index is 1290. The second-order valence-electron chi connectivity index (χ2n) is 7.25. The Hall–Kier alpha value is -4.98. The second-order valence-corrected chi connectivity index (χ2v) is 7.25. The average molecular weight is 470 g/mol. The summed E-state index contributed by atoms with van der Waals surface area (Å²) in [7, 11) is 0. The fourth-order valence-corrected chi connectivity index (χ4v) is 2.89. The number of hydrogen-bond acceptors (Lipinski definition) is 6. The number of amides is 2. The molecule has 0 radical (unpaired) electrons. The molecule has 0 fully saturated rings. The minimum absolute atomic E-state index is 0.277. The normalized spacial score (nSPS) is 9.97. The van der Waals surface area contributed by atoms with E-state index in [9.17, 15) is 19.2 Å². The van der Waals surface area contributed by atoms with Crippen molar-refractivity contribution in [3.63, 3.8) is 0 Å². The molecule has 0 heterocycles. The maximum Gasteiger partial charge on any atom is 0.343 e. The summed E-state index contributed by atoms with van der Waals surface area (Å²) in [6.07, 6.45) is 2.29. The molecule has 0 saturated carbocycles. The van der Waals surface area contributed by atoms with Gasteiger partial charge in [-0.3, -0.25) is 9.59 Å². The number of carbonyl (C=O) groups excluding carboxylic acids is 4. The molecule has 0 unspecified atom stereocenters. The molecule has 176 valence electrons. The zero-order valence-electron chi connectivity index (χ0n) is 18.9. The number of rotatable bonds is 8. The van der Waals surface area contributed by atoms with E-state index < -0.39 is 11.9 Å². The van der Waals surface area contributed by atoms with Crippen molar-refractivity contribution in [3.05, 3.63) is 109 Å². The van der Waals surface area contributed by atoms with Gasteiger partial charge >= 0.3 is 11.9 Å². The minimum atomic E-state index is -0.584. The van der Waals surface area contributed by atoms with Gasteiger partial charge in [0.2, 0.25) is 11.8 Å². The Labute approximate surface area is 201 Å². The number of hydrogen-bond donors (Lipinski definition) is 2. The molecule has 0 saturated heterocycles. The van der Waals surface area contributed by atoms with Gasteiger partial charge in [0, 0.05) is 11.4 Å². The monoisotopic (exact) mass is 470 g/mol. The summed E-state index contributed by atoms with van der Waals surface area (Å²) in [5.74, 6) is -1.29. The minimum Gasteiger partial charge on any atom is -0.423 e. The number of anilines is 2. The van der Waals surface area contributed by atoms with E-state index in [-0.39, 0.29) is 17.6 Å². The Kier molecular flexibility index (Phi) is 7.92. The van der Waals surface area contributed by atoms with Gasteiger partial charge in [0.25, 0.3) is 0 Å². The zero-order chi connectivity index (χ0) is 25.4. The second kappa shape index (κ2) is 11.2. The highest BCUT2D eigenvalue weighted by Crippen LogP contribution is 2.25. The molecule has 0 aliphatic rings. The van der Waals surface area contributed by atoms with E-state index in [2.05, 4.69) is 23.8 Å². The van der Waals surface area contributed by atoms with Gasteiger partial charge < -0.3 is 20.1 Å². The molecule has 0 aromatic heterocycles. The van der Waals surface area contributed by atoms with Gasteiger partial charge in [-0.25, -0.2) is 9.59 Å². The summed E-state index contributed by atoms with van der Waals surface area (Å²) in [4.78, 5) is 47.6. The molecule has 3 aromatic rings. The van der Waals surface area contributed by atoms with Crippen LogP contribution in [-0.2, 0) is 9.59 Å². The van der Waals surface area contributed by atoms with E-state index >= 15 is 0 Å². The first kappa shape index (κ1) is 24.7. The third-order valence-electron chi connectivity index (χ3n) is 4.71. The van der Waals surface area contributed by atoms with Crippen LogP contribution in [0.25, 0.3) is 0 Å². The molecular formula is C27H22N2O6. The SMILES string of the molecule is C=CC(=O)Nc1ccc(C(=O)Oc2ccc(OC(=O)c3ccc(NC(=O)C=C)cc3)c(C)c2)cc1. The van der Waals surface area contributed by atoms with E-state index in [0.717, 1.165) is 12.2 Å². The zero-order valence-corrected chi connectivity index (χ0v) is 18.9. The highest BCUT2D eigenvalue weighted by atomic mass is 16.5. The predicted molar refractivity (Wildman–Crippen MR) is 132 cm³/mol. The molecule has 35 heavy (non-hydrogen) atoms. The van der Waals surface area contributed by atoms with Crippen LogP contribution in [0.1, 0.15) is 26.3 Å². The molecule has 0 spiro atoms. The van der Waals surface area contributed by atoms with E-state index in [0.29, 0.717) is 33.8 Å². The van der Waals surface area contributed by atoms with Crippen LogP contribution in [0.5, 0.6) is 11.5 Å². The van der Waals surface area contributed by atoms with Gasteiger partial charge in [-0.05, 0) is 91.4 Å². The van der Waals surface area contributed by atoms with Crippen molar-refractivity contribution in [3.8, 4) is 11.5 Å². The smallest absolute Gasteiger partial charge is 0.343 e. The first-order valence-corrected chi connectivity index (χ1v) is 10.4. The maximum atomic E-state index is 12.5. The molecule has 8 nitrogen and oxygen atoms in total. The molecular weight excluding hydrogens is 448 g/mol. The molecule has 2 N–H and O–H groups in total. The lowest BCUT2D eigenvalue weighted by Gasteiger charge is -2.10. The van der Waals surface area contributed by atoms with Crippen molar-refractivity contribution >= 4 is 35.1 Å². The summed E-state index contributed by atoms with van der Waals surface area (Å²) in [6.45, 7) is 8.47. The topological polar surface area (TPSA) is 111 Å². The summed E-state index contributed by atoms with van der Waals surface area (Å²) < 4.78 is 10.8. The third-order valence-corrected chi connectivity index (χ3v) is 4.71. The number of aryl methyl sites for hydroxylation is 1. The van der Waals surface area contributed by atoms with Crippen molar-refractivity contribution in [2.24, 2.45) is 0 Å². The van der Waals surface area contributed by atoms with Gasteiger partial charge in [0.05, 0.1) is 11.1 Å². The van der Waals surface area contributed by atoms with Gasteiger partial charge in [-0.15, -0.1) is 0 Å². The molecule has 3 rings (SSSR count). The van der Waals surface area contributed by atoms with Crippen molar-refractivity contribution in [2.45, 2.75) is 6.92 Å². The number of nitrogens with one attached hydrogen (secondary N) is 2. The van der Waals surface area contributed by atoms with Crippen molar-refractivity contribution in [1.82, 2.24) is 0 Å². The number of carbonyl (C=O) groups is 4. The number of benzene rings is 3. The van der Waals surface area contributed by atoms with Crippen LogP contribution >= 0.6 is 0 Å². The summed E-state index contributed by atoms with van der Waals surface area (Å²) in [5.41, 5.74) is 2.21. The Balaban J connectivity index is 1.62. The van der Waals surface area contributed by atoms with Gasteiger partial charge in [0.1, 0.15) is 11.5 Å². The predicted octanol–water partition coefficient (Wildman–Crippen LogP) is 4.68. The highest BCUT2D eigenvalue weighted by Gasteiger charge is 2.14. The van der Waals surface area contributed by atoms with Crippen LogP contribution in [0, 0.1) is 6.92 Å². The van der Waals surface area contributed by atoms with E-state index in [1.165, 1.54) is 36.4 Å². The Morgan fingerprint density at radius 1 is 0.686 bits per heavy atom. The standard InChI is InChI=1S/C27H22N2O6/c1-4-24(30)28-20-10-6-18(7-11-20)26(32)34-22-14-15-23(17(3)16-22)35-27(33)19-8-12-21(13-9-19)29-25(31)5-2/h4-16H,1-2H2,3H3,(H,28,30)(H,29,31). The van der Waals surface area contributed by atoms with E-state index in [1.807, 2.05) is 0 Å². The van der Waals surface area contributed by atoms with Crippen LogP contribution in [-0.4, -0.2) is 23.8 Å². The molecule has 8 heteroatoms. The van der Waals surface area contributed by atoms with Crippen molar-refractivity contribution in [1.29, 1.82) is 0 Å². The van der Waals surface area contributed by atoms with Gasteiger partial charge in [-0.2, -0.15) is 0 Å². The van der Waals surface area contributed by atoms with Gasteiger partial charge in [0.15, 0.2) is 0 Å². The van der Waals surface area contributed by atoms with Crippen LogP contribution in [0.3, 0.4) is 0 Å². The number of ether oxygens (including phenoxy) is 2.